The minimum absolute atomic E-state index is 0.172. The first kappa shape index (κ1) is 40.9. The minimum Gasteiger partial charge on any atom is -0.458 e. The van der Waals surface area contributed by atoms with E-state index in [4.69, 9.17) is 28.7 Å². The van der Waals surface area contributed by atoms with Crippen LogP contribution in [0.2, 0.25) is 0 Å². The van der Waals surface area contributed by atoms with Crippen LogP contribution in [0, 0.1) is 0 Å². The standard InChI is InChI=1S/C41H51N3O11/c1-9-11-12-13-14-30(37(48)54-40(3,4)5)42-32(45)17-18-33(46)53-35-26-20-31-34-27(21-44(31)36(47)28(26)22-51-38(35)49)24(10-2)25-19-23(15-16-29(25)43-34)52-39(50)55-41(6,7)8/h15-16,19-20,30,35H,9-14,17-18,21-22H2,1-8H3,(H,42,45). The zero-order valence-corrected chi connectivity index (χ0v) is 32.9. The molecule has 2 unspecified atom stereocenters. The van der Waals surface area contributed by atoms with Gasteiger partial charge in [0.15, 0.2) is 0 Å². The predicted octanol–water partition coefficient (Wildman–Crippen LogP) is 6.52. The Morgan fingerprint density at radius 1 is 0.945 bits per heavy atom. The maximum atomic E-state index is 13.9. The maximum absolute atomic E-state index is 13.9. The van der Waals surface area contributed by atoms with E-state index in [1.165, 1.54) is 0 Å². The van der Waals surface area contributed by atoms with Gasteiger partial charge in [-0.2, -0.15) is 0 Å². The number of nitrogens with zero attached hydrogens (tertiary/aromatic N) is 2. The summed E-state index contributed by atoms with van der Waals surface area (Å²) in [4.78, 5) is 83.0. The van der Waals surface area contributed by atoms with E-state index < -0.39 is 58.9 Å². The highest BCUT2D eigenvalue weighted by molar-refractivity contribution is 5.90. The predicted molar refractivity (Wildman–Crippen MR) is 201 cm³/mol. The van der Waals surface area contributed by atoms with E-state index >= 15 is 0 Å². The van der Waals surface area contributed by atoms with Crippen LogP contribution in [-0.4, -0.2) is 56.8 Å². The molecular formula is C41H51N3O11. The van der Waals surface area contributed by atoms with Gasteiger partial charge in [-0.15, -0.1) is 0 Å². The van der Waals surface area contributed by atoms with E-state index in [9.17, 15) is 28.8 Å². The van der Waals surface area contributed by atoms with Crippen LogP contribution in [0.1, 0.15) is 129 Å². The summed E-state index contributed by atoms with van der Waals surface area (Å²) in [5, 5.41) is 3.44. The molecule has 14 nitrogen and oxygen atoms in total. The van der Waals surface area contributed by atoms with E-state index in [0.717, 1.165) is 35.8 Å². The van der Waals surface area contributed by atoms with Crippen molar-refractivity contribution in [3.63, 3.8) is 0 Å². The van der Waals surface area contributed by atoms with Gasteiger partial charge in [-0.25, -0.2) is 19.4 Å². The molecule has 1 amide bonds. The summed E-state index contributed by atoms with van der Waals surface area (Å²) in [6, 6.07) is 5.81. The number of cyclic esters (lactones) is 1. The highest BCUT2D eigenvalue weighted by atomic mass is 16.7. The second-order valence-corrected chi connectivity index (χ2v) is 15.9. The van der Waals surface area contributed by atoms with Crippen LogP contribution < -0.4 is 15.6 Å². The van der Waals surface area contributed by atoms with E-state index in [1.54, 1.807) is 70.4 Å². The number of nitrogens with one attached hydrogen (secondary N) is 1. The molecule has 2 aromatic heterocycles. The number of benzene rings is 1. The SMILES string of the molecule is CCCCCCC(NC(=O)CCC(=O)OC1C(=O)OCc2c1cc1n(c2=O)Cc2c-1nc1ccc(OC(=O)OC(C)(C)C)cc1c2CC)C(=O)OC(C)(C)C. The third kappa shape index (κ3) is 9.89. The Bertz CT molecular complexity index is 2060. The molecule has 14 heteroatoms. The second kappa shape index (κ2) is 16.6. The third-order valence-corrected chi connectivity index (χ3v) is 9.15. The number of aromatic nitrogens is 2. The first-order chi connectivity index (χ1) is 25.9. The quantitative estimate of drug-likeness (QED) is 0.0676. The zero-order valence-electron chi connectivity index (χ0n) is 32.9. The maximum Gasteiger partial charge on any atom is 0.514 e. The number of amides is 1. The fourth-order valence-corrected chi connectivity index (χ4v) is 6.69. The molecule has 0 spiro atoms. The average Bonchev–Trinajstić information content (AvgIpc) is 3.45. The van der Waals surface area contributed by atoms with Gasteiger partial charge in [-0.05, 0) is 84.2 Å². The van der Waals surface area contributed by atoms with Crippen LogP contribution >= 0.6 is 0 Å². The minimum atomic E-state index is -1.53. The van der Waals surface area contributed by atoms with Gasteiger partial charge in [0.2, 0.25) is 12.0 Å². The van der Waals surface area contributed by atoms with E-state index in [2.05, 4.69) is 12.2 Å². The van der Waals surface area contributed by atoms with Crippen molar-refractivity contribution in [2.45, 2.75) is 143 Å². The monoisotopic (exact) mass is 761 g/mol. The summed E-state index contributed by atoms with van der Waals surface area (Å²) >= 11 is 0. The molecule has 296 valence electrons. The first-order valence-electron chi connectivity index (χ1n) is 18.9. The molecule has 2 atom stereocenters. The summed E-state index contributed by atoms with van der Waals surface area (Å²) in [7, 11) is 0. The molecule has 2 aliphatic heterocycles. The van der Waals surface area contributed by atoms with Crippen molar-refractivity contribution in [2.24, 2.45) is 0 Å². The highest BCUT2D eigenvalue weighted by Crippen LogP contribution is 2.39. The van der Waals surface area contributed by atoms with E-state index in [0.29, 0.717) is 36.2 Å². The van der Waals surface area contributed by atoms with E-state index in [1.807, 2.05) is 6.92 Å². The molecule has 1 aromatic carbocycles. The molecule has 3 aromatic rings. The number of pyridine rings is 2. The smallest absolute Gasteiger partial charge is 0.458 e. The summed E-state index contributed by atoms with van der Waals surface area (Å²) in [6.45, 7) is 14.4. The molecule has 0 saturated heterocycles. The van der Waals surface area contributed by atoms with Crippen molar-refractivity contribution in [3.05, 3.63) is 56.9 Å². The molecule has 0 aliphatic carbocycles. The zero-order chi connectivity index (χ0) is 40.2. The Morgan fingerprint density at radius 2 is 1.67 bits per heavy atom. The van der Waals surface area contributed by atoms with Gasteiger partial charge in [0.1, 0.15) is 29.6 Å². The number of rotatable bonds is 13. The summed E-state index contributed by atoms with van der Waals surface area (Å²) in [5.74, 6) is -2.51. The topological polar surface area (TPSA) is 178 Å². The number of unbranched alkanes of at least 4 members (excludes halogenated alkanes) is 3. The van der Waals surface area contributed by atoms with Crippen LogP contribution in [0.3, 0.4) is 0 Å². The lowest BCUT2D eigenvalue weighted by Crippen LogP contribution is -2.44. The Morgan fingerprint density at radius 3 is 2.35 bits per heavy atom. The third-order valence-electron chi connectivity index (χ3n) is 9.15. The molecule has 4 heterocycles. The number of hydrogen-bond donors (Lipinski definition) is 1. The van der Waals surface area contributed by atoms with Gasteiger partial charge in [0.25, 0.3) is 5.56 Å². The number of carbonyl (C=O) groups excluding carboxylic acids is 5. The van der Waals surface area contributed by atoms with Gasteiger partial charge < -0.3 is 33.6 Å². The molecule has 1 N–H and O–H groups in total. The van der Waals surface area contributed by atoms with Crippen molar-refractivity contribution < 1.29 is 47.7 Å². The Labute approximate surface area is 320 Å². The van der Waals surface area contributed by atoms with Crippen LogP contribution in [0.15, 0.2) is 29.1 Å². The molecule has 0 saturated carbocycles. The van der Waals surface area contributed by atoms with E-state index in [-0.39, 0.29) is 42.9 Å². The lowest BCUT2D eigenvalue weighted by atomic mass is 9.97. The fraction of sp³-hybridized carbons (Fsp3) is 0.537. The summed E-state index contributed by atoms with van der Waals surface area (Å²) < 4.78 is 28.7. The van der Waals surface area contributed by atoms with Gasteiger partial charge in [-0.3, -0.25) is 14.4 Å². The lowest BCUT2D eigenvalue weighted by Gasteiger charge is -2.25. The molecule has 0 fully saturated rings. The Kier molecular flexibility index (Phi) is 12.4. The number of ether oxygens (including phenoxy) is 5. The van der Waals surface area contributed by atoms with Gasteiger partial charge in [0, 0.05) is 22.9 Å². The first-order valence-corrected chi connectivity index (χ1v) is 18.9. The average molecular weight is 762 g/mol. The van der Waals surface area contributed by atoms with Crippen molar-refractivity contribution in [1.29, 1.82) is 0 Å². The lowest BCUT2D eigenvalue weighted by molar-refractivity contribution is -0.172. The van der Waals surface area contributed by atoms with Crippen molar-refractivity contribution in [3.8, 4) is 17.1 Å². The molecule has 0 radical (unpaired) electrons. The number of carbonyl (C=O) groups is 5. The number of aryl methyl sites for hydroxylation is 1. The van der Waals surface area contributed by atoms with Gasteiger partial charge in [0.05, 0.1) is 35.4 Å². The van der Waals surface area contributed by atoms with Crippen LogP contribution in [0.5, 0.6) is 5.75 Å². The fourth-order valence-electron chi connectivity index (χ4n) is 6.69. The molecular weight excluding hydrogens is 710 g/mol. The van der Waals surface area contributed by atoms with Crippen LogP contribution in [-0.2, 0) is 57.7 Å². The molecule has 55 heavy (non-hydrogen) atoms. The van der Waals surface area contributed by atoms with Gasteiger partial charge in [-0.1, -0.05) is 39.5 Å². The van der Waals surface area contributed by atoms with Crippen molar-refractivity contribution in [1.82, 2.24) is 14.9 Å². The number of esters is 3. The Balaban J connectivity index is 1.34. The van der Waals surface area contributed by atoms with Crippen LogP contribution in [0.4, 0.5) is 4.79 Å². The summed E-state index contributed by atoms with van der Waals surface area (Å²) in [6.07, 6.45) is 1.54. The largest absolute Gasteiger partial charge is 0.514 e. The molecule has 2 aliphatic rings. The van der Waals surface area contributed by atoms with Crippen molar-refractivity contribution >= 4 is 40.9 Å². The van der Waals surface area contributed by atoms with Crippen LogP contribution in [0.25, 0.3) is 22.3 Å². The molecule has 0 bridgehead atoms. The molecule has 5 rings (SSSR count). The number of hydrogen-bond acceptors (Lipinski definition) is 12. The highest BCUT2D eigenvalue weighted by Gasteiger charge is 2.38. The van der Waals surface area contributed by atoms with Crippen molar-refractivity contribution in [2.75, 3.05) is 0 Å². The Hall–Kier alpha value is -5.27. The second-order valence-electron chi connectivity index (χ2n) is 15.9. The number of fused-ring (bicyclic) bond motifs is 5. The van der Waals surface area contributed by atoms with Gasteiger partial charge >= 0.3 is 24.1 Å². The summed E-state index contributed by atoms with van der Waals surface area (Å²) in [5.41, 5.74) is 1.77. The normalized spacial score (nSPS) is 15.3.